The largest absolute Gasteiger partial charge is 0.468 e. The lowest BCUT2D eigenvalue weighted by Crippen LogP contribution is -2.25. The highest BCUT2D eigenvalue weighted by Gasteiger charge is 2.26. The van der Waals surface area contributed by atoms with Crippen LogP contribution in [0.1, 0.15) is 213 Å². The quantitative estimate of drug-likeness (QED) is 0.0452. The third-order valence-electron chi connectivity index (χ3n) is 8.75. The van der Waals surface area contributed by atoms with Gasteiger partial charge in [-0.1, -0.05) is 194 Å². The van der Waals surface area contributed by atoms with Gasteiger partial charge in [0.15, 0.2) is 0 Å². The van der Waals surface area contributed by atoms with E-state index in [9.17, 15) is 9.59 Å². The monoisotopic (exact) mass is 565 g/mol. The van der Waals surface area contributed by atoms with Crippen molar-refractivity contribution < 1.29 is 14.3 Å². The molecule has 0 saturated carbocycles. The van der Waals surface area contributed by atoms with Crippen molar-refractivity contribution in [1.82, 2.24) is 0 Å². The van der Waals surface area contributed by atoms with Crippen LogP contribution in [0.4, 0.5) is 0 Å². The molecule has 0 amide bonds. The number of hydrogen-bond acceptors (Lipinski definition) is 3. The Labute approximate surface area is 251 Å². The van der Waals surface area contributed by atoms with Crippen molar-refractivity contribution >= 4 is 11.8 Å². The van der Waals surface area contributed by atoms with Crippen molar-refractivity contribution in [2.24, 2.45) is 5.92 Å². The first-order valence-electron chi connectivity index (χ1n) is 18.3. The Morgan fingerprint density at radius 1 is 0.425 bits per heavy atom. The number of hydrogen-bond donors (Lipinski definition) is 0. The molecule has 1 unspecified atom stereocenters. The van der Waals surface area contributed by atoms with Gasteiger partial charge >= 0.3 is 5.97 Å². The Bertz CT molecular complexity index is 530. The number of Topliss-reactive ketones (excluding diaryl/α,β-unsaturated/α-hetero) is 1. The van der Waals surface area contributed by atoms with E-state index in [0.717, 1.165) is 25.7 Å². The van der Waals surface area contributed by atoms with Gasteiger partial charge in [-0.2, -0.15) is 0 Å². The lowest BCUT2D eigenvalue weighted by atomic mass is 9.93. The number of unbranched alkanes of at least 4 members (excludes halogenated alkanes) is 27. The summed E-state index contributed by atoms with van der Waals surface area (Å²) in [6, 6.07) is 0. The van der Waals surface area contributed by atoms with E-state index in [0.29, 0.717) is 12.8 Å². The summed E-state index contributed by atoms with van der Waals surface area (Å²) in [6.07, 6.45) is 39.5. The number of methoxy groups -OCH3 is 1. The molecule has 0 fully saturated rings. The molecular weight excluding hydrogens is 492 g/mol. The standard InChI is InChI=1S/C37H72O3/c1-4-6-8-10-12-14-16-18-20-22-24-26-28-30-32-34-36(38)35(37(39)40-3)33-31-29-27-25-23-21-19-17-15-13-11-9-7-5-2/h35H,4-34H2,1-3H3. The fourth-order valence-electron chi connectivity index (χ4n) is 5.94. The lowest BCUT2D eigenvalue weighted by molar-refractivity contribution is -0.149. The number of carbonyl (C=O) groups is 2. The normalized spacial score (nSPS) is 12.1. The van der Waals surface area contributed by atoms with E-state index < -0.39 is 5.92 Å². The minimum absolute atomic E-state index is 0.108. The van der Waals surface area contributed by atoms with Gasteiger partial charge in [0.05, 0.1) is 7.11 Å². The average Bonchev–Trinajstić information content (AvgIpc) is 2.96. The molecule has 40 heavy (non-hydrogen) atoms. The fraction of sp³-hybridized carbons (Fsp3) is 0.946. The van der Waals surface area contributed by atoms with Gasteiger partial charge in [0.1, 0.15) is 11.7 Å². The van der Waals surface area contributed by atoms with Crippen molar-refractivity contribution in [3.63, 3.8) is 0 Å². The molecule has 0 N–H and O–H groups in total. The minimum atomic E-state index is -0.533. The first-order chi connectivity index (χ1) is 19.7. The molecule has 238 valence electrons. The fourth-order valence-corrected chi connectivity index (χ4v) is 5.94. The summed E-state index contributed by atoms with van der Waals surface area (Å²) in [6.45, 7) is 4.56. The second kappa shape index (κ2) is 32.7. The second-order valence-corrected chi connectivity index (χ2v) is 12.6. The number of carbonyl (C=O) groups excluding carboxylic acids is 2. The van der Waals surface area contributed by atoms with Crippen LogP contribution in [0.3, 0.4) is 0 Å². The zero-order valence-corrected chi connectivity index (χ0v) is 27.7. The van der Waals surface area contributed by atoms with E-state index in [2.05, 4.69) is 13.8 Å². The second-order valence-electron chi connectivity index (χ2n) is 12.6. The van der Waals surface area contributed by atoms with Crippen molar-refractivity contribution in [3.8, 4) is 0 Å². The maximum Gasteiger partial charge on any atom is 0.316 e. The molecule has 3 heteroatoms. The number of esters is 1. The average molecular weight is 565 g/mol. The number of ether oxygens (including phenoxy) is 1. The van der Waals surface area contributed by atoms with Crippen LogP contribution in [-0.2, 0) is 14.3 Å². The molecule has 0 spiro atoms. The van der Waals surface area contributed by atoms with Crippen LogP contribution >= 0.6 is 0 Å². The molecule has 0 aliphatic rings. The summed E-state index contributed by atoms with van der Waals surface area (Å²) in [5, 5.41) is 0. The smallest absolute Gasteiger partial charge is 0.316 e. The summed E-state index contributed by atoms with van der Waals surface area (Å²) in [5.74, 6) is -0.745. The van der Waals surface area contributed by atoms with E-state index in [1.807, 2.05) is 0 Å². The van der Waals surface area contributed by atoms with E-state index in [-0.39, 0.29) is 11.8 Å². The van der Waals surface area contributed by atoms with Crippen molar-refractivity contribution in [3.05, 3.63) is 0 Å². The molecule has 0 aliphatic heterocycles. The first-order valence-corrected chi connectivity index (χ1v) is 18.3. The Morgan fingerprint density at radius 2 is 0.700 bits per heavy atom. The maximum atomic E-state index is 12.7. The highest BCUT2D eigenvalue weighted by atomic mass is 16.5. The van der Waals surface area contributed by atoms with Crippen LogP contribution in [0.5, 0.6) is 0 Å². The molecule has 0 saturated heterocycles. The van der Waals surface area contributed by atoms with Crippen LogP contribution in [0.2, 0.25) is 0 Å². The van der Waals surface area contributed by atoms with E-state index in [4.69, 9.17) is 4.74 Å². The molecule has 0 radical (unpaired) electrons. The molecule has 0 aromatic carbocycles. The molecule has 0 aromatic rings. The molecule has 0 rings (SSSR count). The lowest BCUT2D eigenvalue weighted by Gasteiger charge is -2.13. The molecule has 3 nitrogen and oxygen atoms in total. The summed E-state index contributed by atoms with van der Waals surface area (Å²) in [5.41, 5.74) is 0. The third kappa shape index (κ3) is 27.3. The first kappa shape index (κ1) is 39.1. The Kier molecular flexibility index (Phi) is 31.9. The Morgan fingerprint density at radius 3 is 1.00 bits per heavy atom. The predicted molar refractivity (Wildman–Crippen MR) is 175 cm³/mol. The van der Waals surface area contributed by atoms with Gasteiger partial charge in [0, 0.05) is 6.42 Å². The van der Waals surface area contributed by atoms with Crippen molar-refractivity contribution in [2.45, 2.75) is 213 Å². The Hall–Kier alpha value is -0.860. The van der Waals surface area contributed by atoms with Gasteiger partial charge in [-0.25, -0.2) is 0 Å². The zero-order valence-electron chi connectivity index (χ0n) is 27.7. The van der Waals surface area contributed by atoms with Gasteiger partial charge in [0.25, 0.3) is 0 Å². The molecule has 0 aromatic heterocycles. The van der Waals surface area contributed by atoms with E-state index in [1.54, 1.807) is 0 Å². The topological polar surface area (TPSA) is 43.4 Å². The van der Waals surface area contributed by atoms with Crippen LogP contribution < -0.4 is 0 Å². The highest BCUT2D eigenvalue weighted by molar-refractivity contribution is 5.98. The minimum Gasteiger partial charge on any atom is -0.468 e. The van der Waals surface area contributed by atoms with Crippen molar-refractivity contribution in [2.75, 3.05) is 7.11 Å². The molecule has 1 atom stereocenters. The van der Waals surface area contributed by atoms with Crippen LogP contribution in [-0.4, -0.2) is 18.9 Å². The zero-order chi connectivity index (χ0) is 29.4. The predicted octanol–water partition coefficient (Wildman–Crippen LogP) is 12.5. The van der Waals surface area contributed by atoms with Gasteiger partial charge in [-0.05, 0) is 12.8 Å². The van der Waals surface area contributed by atoms with E-state index in [1.165, 1.54) is 168 Å². The summed E-state index contributed by atoms with van der Waals surface area (Å²) in [4.78, 5) is 25.0. The summed E-state index contributed by atoms with van der Waals surface area (Å²) < 4.78 is 4.97. The molecule has 0 heterocycles. The van der Waals surface area contributed by atoms with Crippen LogP contribution in [0.25, 0.3) is 0 Å². The Balaban J connectivity index is 3.64. The van der Waals surface area contributed by atoms with Gasteiger partial charge in [-0.3, -0.25) is 9.59 Å². The number of ketones is 1. The van der Waals surface area contributed by atoms with Gasteiger partial charge in [0.2, 0.25) is 0 Å². The summed E-state index contributed by atoms with van der Waals surface area (Å²) >= 11 is 0. The van der Waals surface area contributed by atoms with E-state index >= 15 is 0 Å². The number of rotatable bonds is 33. The van der Waals surface area contributed by atoms with Crippen LogP contribution in [0.15, 0.2) is 0 Å². The SMILES string of the molecule is CCCCCCCCCCCCCCCCCC(=O)C(CCCCCCCCCCCCCCCC)C(=O)OC. The van der Waals surface area contributed by atoms with Crippen LogP contribution in [0, 0.1) is 5.92 Å². The van der Waals surface area contributed by atoms with Gasteiger partial charge in [-0.15, -0.1) is 0 Å². The highest BCUT2D eigenvalue weighted by Crippen LogP contribution is 2.19. The molecular formula is C37H72O3. The molecule has 0 aliphatic carbocycles. The third-order valence-corrected chi connectivity index (χ3v) is 8.75. The van der Waals surface area contributed by atoms with Crippen molar-refractivity contribution in [1.29, 1.82) is 0 Å². The van der Waals surface area contributed by atoms with Gasteiger partial charge < -0.3 is 4.74 Å². The maximum absolute atomic E-state index is 12.7. The molecule has 0 bridgehead atoms. The summed E-state index contributed by atoms with van der Waals surface area (Å²) in [7, 11) is 1.42.